The number of alkyl halides is 6. The molecule has 1 aromatic rings. The van der Waals surface area contributed by atoms with Gasteiger partial charge in [-0.15, -0.1) is 0 Å². The molecule has 1 aromatic carbocycles. The number of benzene rings is 1. The van der Waals surface area contributed by atoms with Gasteiger partial charge in [-0.05, 0) is 17.7 Å². The SMILES string of the molecule is [K+].[K+].[O-]B([O-])[C@]1(F)C(F)[C@@]1(F)c1ccc(C(F)(F)F)cc1. The third kappa shape index (κ3) is 3.69. The molecular weight excluding hydrogens is 355 g/mol. The van der Waals surface area contributed by atoms with Crippen LogP contribution in [0.3, 0.4) is 0 Å². The summed E-state index contributed by atoms with van der Waals surface area (Å²) in [5, 5.41) is 20.9. The standard InChI is InChI=1S/C10H5BF6O2.2K/c12-7-8(13,9(7,14)11(18)19)5-1-3-6(4-2-5)10(15,16)17;;/h1-4,7H;;/q-2;2*+1/t7?,8-,9-;;/m0../s1. The summed E-state index contributed by atoms with van der Waals surface area (Å²) >= 11 is 0. The number of hydrogen-bond acceptors (Lipinski definition) is 2. The summed E-state index contributed by atoms with van der Waals surface area (Å²) in [7, 11) is -3.41. The second kappa shape index (κ2) is 7.52. The van der Waals surface area contributed by atoms with Crippen LogP contribution < -0.4 is 113 Å². The van der Waals surface area contributed by atoms with Crippen molar-refractivity contribution in [3.05, 3.63) is 35.4 Å². The molecule has 0 bridgehead atoms. The van der Waals surface area contributed by atoms with E-state index in [4.69, 9.17) is 0 Å². The largest absolute Gasteiger partial charge is 1.00 e. The summed E-state index contributed by atoms with van der Waals surface area (Å²) in [4.78, 5) is 0. The van der Waals surface area contributed by atoms with Crippen LogP contribution in [-0.2, 0) is 11.8 Å². The summed E-state index contributed by atoms with van der Waals surface area (Å²) < 4.78 is 77.3. The van der Waals surface area contributed by atoms with Gasteiger partial charge in [-0.25, -0.2) is 13.2 Å². The minimum Gasteiger partial charge on any atom is -0.891 e. The van der Waals surface area contributed by atoms with E-state index in [-0.39, 0.29) is 103 Å². The Morgan fingerprint density at radius 3 is 1.71 bits per heavy atom. The molecule has 3 atom stereocenters. The van der Waals surface area contributed by atoms with Crippen molar-refractivity contribution in [2.45, 2.75) is 23.6 Å². The van der Waals surface area contributed by atoms with Gasteiger partial charge in [0.05, 0.1) is 5.56 Å². The Hall–Kier alpha value is 2.06. The second-order valence-corrected chi connectivity index (χ2v) is 4.25. The van der Waals surface area contributed by atoms with Gasteiger partial charge in [-0.3, -0.25) is 0 Å². The molecule has 0 spiro atoms. The zero-order valence-electron chi connectivity index (χ0n) is 11.0. The molecule has 11 heteroatoms. The van der Waals surface area contributed by atoms with E-state index in [1.807, 2.05) is 0 Å². The van der Waals surface area contributed by atoms with E-state index in [0.717, 1.165) is 0 Å². The summed E-state index contributed by atoms with van der Waals surface area (Å²) in [5.41, 5.74) is -9.20. The van der Waals surface area contributed by atoms with Gasteiger partial charge >= 0.3 is 109 Å². The van der Waals surface area contributed by atoms with Crippen molar-refractivity contribution in [3.8, 4) is 0 Å². The van der Waals surface area contributed by atoms with Gasteiger partial charge in [-0.1, -0.05) is 19.3 Å². The average molecular weight is 360 g/mol. The van der Waals surface area contributed by atoms with E-state index >= 15 is 0 Å². The predicted molar refractivity (Wildman–Crippen MR) is 48.7 cm³/mol. The first kappa shape index (κ1) is 23.1. The van der Waals surface area contributed by atoms with Crippen LogP contribution in [0.4, 0.5) is 26.3 Å². The molecule has 0 N–H and O–H groups in total. The Balaban J connectivity index is 0.00000200. The molecule has 104 valence electrons. The molecule has 0 heterocycles. The van der Waals surface area contributed by atoms with Crippen LogP contribution >= 0.6 is 0 Å². The number of hydrogen-bond donors (Lipinski definition) is 0. The Morgan fingerprint density at radius 1 is 1.00 bits per heavy atom. The smallest absolute Gasteiger partial charge is 0.891 e. The zero-order chi connectivity index (χ0) is 14.6. The van der Waals surface area contributed by atoms with Crippen molar-refractivity contribution < 1.29 is 139 Å². The number of rotatable bonds is 2. The molecule has 0 amide bonds. The van der Waals surface area contributed by atoms with E-state index in [0.29, 0.717) is 24.3 Å². The van der Waals surface area contributed by atoms with Crippen LogP contribution in [0.15, 0.2) is 24.3 Å². The first-order valence-electron chi connectivity index (χ1n) is 5.07. The van der Waals surface area contributed by atoms with E-state index < -0.39 is 41.8 Å². The average Bonchev–Trinajstić information content (AvgIpc) is 2.78. The van der Waals surface area contributed by atoms with Crippen molar-refractivity contribution in [1.29, 1.82) is 0 Å². The molecule has 1 saturated carbocycles. The Morgan fingerprint density at radius 2 is 1.43 bits per heavy atom. The van der Waals surface area contributed by atoms with Crippen molar-refractivity contribution in [2.24, 2.45) is 0 Å². The van der Waals surface area contributed by atoms with E-state index in [1.54, 1.807) is 0 Å². The molecule has 0 aliphatic heterocycles. The van der Waals surface area contributed by atoms with Gasteiger partial charge in [-0.2, -0.15) is 13.2 Å². The Labute approximate surface area is 201 Å². The fourth-order valence-corrected chi connectivity index (χ4v) is 1.95. The third-order valence-electron chi connectivity index (χ3n) is 3.17. The predicted octanol–water partition coefficient (Wildman–Crippen LogP) is -5.31. The fourth-order valence-electron chi connectivity index (χ4n) is 1.95. The summed E-state index contributed by atoms with van der Waals surface area (Å²) in [5.74, 6) is 0. The zero-order valence-corrected chi connectivity index (χ0v) is 17.3. The molecule has 0 aromatic heterocycles. The molecule has 21 heavy (non-hydrogen) atoms. The van der Waals surface area contributed by atoms with Crippen LogP contribution in [-0.4, -0.2) is 18.9 Å². The van der Waals surface area contributed by atoms with Crippen molar-refractivity contribution >= 4 is 7.12 Å². The van der Waals surface area contributed by atoms with Crippen LogP contribution in [0.2, 0.25) is 0 Å². The van der Waals surface area contributed by atoms with E-state index in [2.05, 4.69) is 0 Å². The monoisotopic (exact) mass is 360 g/mol. The van der Waals surface area contributed by atoms with E-state index in [9.17, 15) is 36.4 Å². The van der Waals surface area contributed by atoms with Gasteiger partial charge in [0.15, 0.2) is 11.8 Å². The molecular formula is C10H5BF6K2O2. The van der Waals surface area contributed by atoms with Gasteiger partial charge in [0.2, 0.25) is 0 Å². The molecule has 0 saturated heterocycles. The van der Waals surface area contributed by atoms with Crippen molar-refractivity contribution in [3.63, 3.8) is 0 Å². The first-order valence-corrected chi connectivity index (χ1v) is 5.07. The topological polar surface area (TPSA) is 46.1 Å². The molecule has 1 aliphatic rings. The van der Waals surface area contributed by atoms with Crippen molar-refractivity contribution in [1.82, 2.24) is 0 Å². The molecule has 1 aliphatic carbocycles. The van der Waals surface area contributed by atoms with Crippen LogP contribution in [0.25, 0.3) is 0 Å². The third-order valence-corrected chi connectivity index (χ3v) is 3.17. The van der Waals surface area contributed by atoms with Crippen LogP contribution in [0, 0.1) is 0 Å². The Bertz CT molecular complexity index is 499. The van der Waals surface area contributed by atoms with Gasteiger partial charge < -0.3 is 10.0 Å². The maximum Gasteiger partial charge on any atom is 1.00 e. The molecule has 2 nitrogen and oxygen atoms in total. The van der Waals surface area contributed by atoms with Gasteiger partial charge in [0.1, 0.15) is 5.57 Å². The van der Waals surface area contributed by atoms with Crippen LogP contribution in [0.5, 0.6) is 0 Å². The number of halogens is 6. The fraction of sp³-hybridized carbons (Fsp3) is 0.400. The second-order valence-electron chi connectivity index (χ2n) is 4.25. The quantitative estimate of drug-likeness (QED) is 0.391. The maximum atomic E-state index is 13.9. The minimum absolute atomic E-state index is 0. The van der Waals surface area contributed by atoms with Gasteiger partial charge in [0, 0.05) is 0 Å². The molecule has 1 fully saturated rings. The molecule has 0 radical (unpaired) electrons. The summed E-state index contributed by atoms with van der Waals surface area (Å²) in [6, 6.07) is 1.87. The van der Waals surface area contributed by atoms with E-state index in [1.165, 1.54) is 0 Å². The molecule has 1 unspecified atom stereocenters. The minimum atomic E-state index is -4.69. The summed E-state index contributed by atoms with van der Waals surface area (Å²) in [6.45, 7) is 0. The normalized spacial score (nSPS) is 31.0. The Kier molecular flexibility index (Phi) is 8.26. The van der Waals surface area contributed by atoms with Gasteiger partial charge in [0.25, 0.3) is 0 Å². The maximum absolute atomic E-state index is 13.9. The van der Waals surface area contributed by atoms with Crippen molar-refractivity contribution in [2.75, 3.05) is 0 Å². The summed E-state index contributed by atoms with van der Waals surface area (Å²) in [6.07, 6.45) is -7.66. The van der Waals surface area contributed by atoms with Crippen LogP contribution in [0.1, 0.15) is 11.1 Å². The molecule has 2 rings (SSSR count). The first-order chi connectivity index (χ1) is 8.56.